The summed E-state index contributed by atoms with van der Waals surface area (Å²) in [4.78, 5) is 74.2. The standard InChI is InChI=1S/C28H25N3O11S/c1-16(32)39-13-21-22(14-40-17(2)33)43-27-24(29-23(34)15-41-20-6-4-3-5-7-20)26(35)30(27)25(21)28(36)42-12-18-8-10-19(11-9-18)31(37)38/h3-11,14,24,27H,12-13,15H2,1-2H3,(H,29,34)/b22-14+/t24?,27-/m1/s1. The molecule has 2 atom stereocenters. The van der Waals surface area contributed by atoms with Crippen molar-refractivity contribution in [3.63, 3.8) is 0 Å². The molecule has 1 fully saturated rings. The average molecular weight is 612 g/mol. The zero-order valence-corrected chi connectivity index (χ0v) is 23.7. The topological polar surface area (TPSA) is 181 Å². The predicted octanol–water partition coefficient (Wildman–Crippen LogP) is 2.34. The Hall–Kier alpha value is -5.18. The summed E-state index contributed by atoms with van der Waals surface area (Å²) >= 11 is 1.00. The van der Waals surface area contributed by atoms with Crippen molar-refractivity contribution in [3.05, 3.63) is 92.7 Å². The molecule has 1 saturated heterocycles. The van der Waals surface area contributed by atoms with Crippen molar-refractivity contribution in [3.8, 4) is 5.75 Å². The number of nitro benzene ring substituents is 1. The average Bonchev–Trinajstić information content (AvgIpc) is 2.99. The first-order valence-electron chi connectivity index (χ1n) is 12.7. The van der Waals surface area contributed by atoms with Crippen molar-refractivity contribution in [2.75, 3.05) is 13.2 Å². The van der Waals surface area contributed by atoms with Crippen LogP contribution in [-0.4, -0.2) is 64.2 Å². The lowest BCUT2D eigenvalue weighted by molar-refractivity contribution is -0.384. The molecule has 2 aromatic rings. The molecule has 2 aliphatic rings. The van der Waals surface area contributed by atoms with Gasteiger partial charge >= 0.3 is 17.9 Å². The highest BCUT2D eigenvalue weighted by atomic mass is 32.2. The number of amides is 2. The molecule has 2 heterocycles. The maximum atomic E-state index is 13.4. The molecule has 0 bridgehead atoms. The minimum Gasteiger partial charge on any atom is -0.484 e. The second-order valence-corrected chi connectivity index (χ2v) is 10.2. The van der Waals surface area contributed by atoms with E-state index in [0.29, 0.717) is 11.3 Å². The molecular formula is C28H25N3O11S. The van der Waals surface area contributed by atoms with E-state index in [1.54, 1.807) is 30.3 Å². The zero-order chi connectivity index (χ0) is 31.1. The van der Waals surface area contributed by atoms with Crippen LogP contribution >= 0.6 is 11.8 Å². The minimum atomic E-state index is -1.08. The summed E-state index contributed by atoms with van der Waals surface area (Å²) in [6, 6.07) is 12.8. The first kappa shape index (κ1) is 30.8. The lowest BCUT2D eigenvalue weighted by Gasteiger charge is -2.49. The monoisotopic (exact) mass is 611 g/mol. The van der Waals surface area contributed by atoms with Crippen LogP contribution in [0, 0.1) is 10.1 Å². The lowest BCUT2D eigenvalue weighted by Crippen LogP contribution is -2.70. The van der Waals surface area contributed by atoms with Crippen LogP contribution < -0.4 is 10.1 Å². The number of carbonyl (C=O) groups is 5. The van der Waals surface area contributed by atoms with Crippen molar-refractivity contribution in [2.45, 2.75) is 31.9 Å². The number of β-lactam (4-membered cyclic amide) rings is 1. The predicted molar refractivity (Wildman–Crippen MR) is 148 cm³/mol. The summed E-state index contributed by atoms with van der Waals surface area (Å²) in [5.74, 6) is -3.11. The maximum Gasteiger partial charge on any atom is 0.355 e. The summed E-state index contributed by atoms with van der Waals surface area (Å²) < 4.78 is 21.0. The number of hydrogen-bond acceptors (Lipinski definition) is 12. The summed E-state index contributed by atoms with van der Waals surface area (Å²) in [5, 5.41) is 12.7. The van der Waals surface area contributed by atoms with Gasteiger partial charge in [0.05, 0.1) is 9.83 Å². The fourth-order valence-electron chi connectivity index (χ4n) is 4.00. The molecule has 224 valence electrons. The quantitative estimate of drug-likeness (QED) is 0.0980. The van der Waals surface area contributed by atoms with E-state index in [1.807, 2.05) is 0 Å². The van der Waals surface area contributed by atoms with Gasteiger partial charge in [0.2, 0.25) is 0 Å². The molecule has 1 unspecified atom stereocenters. The fourth-order valence-corrected chi connectivity index (χ4v) is 5.30. The number of nitrogens with one attached hydrogen (secondary N) is 1. The molecule has 15 heteroatoms. The Labute approximate surface area is 248 Å². The molecule has 0 radical (unpaired) electrons. The smallest absolute Gasteiger partial charge is 0.355 e. The number of ether oxygens (including phenoxy) is 4. The Bertz CT molecular complexity index is 1510. The second-order valence-electron chi connectivity index (χ2n) is 9.06. The number of rotatable bonds is 11. The van der Waals surface area contributed by atoms with Gasteiger partial charge in [0, 0.05) is 31.6 Å². The molecule has 0 spiro atoms. The van der Waals surface area contributed by atoms with E-state index < -0.39 is 52.7 Å². The van der Waals surface area contributed by atoms with Gasteiger partial charge in [0.25, 0.3) is 17.5 Å². The number of nitrogens with zero attached hydrogens (tertiary/aromatic N) is 2. The van der Waals surface area contributed by atoms with E-state index in [0.717, 1.165) is 36.8 Å². The summed E-state index contributed by atoms with van der Waals surface area (Å²) in [6.07, 6.45) is 1.06. The molecule has 0 aromatic heterocycles. The van der Waals surface area contributed by atoms with Gasteiger partial charge in [0.1, 0.15) is 42.3 Å². The normalized spacial score (nSPS) is 18.2. The number of fused-ring (bicyclic) bond motifs is 1. The Morgan fingerprint density at radius 3 is 2.33 bits per heavy atom. The third kappa shape index (κ3) is 7.56. The van der Waals surface area contributed by atoms with Crippen molar-refractivity contribution in [1.82, 2.24) is 10.2 Å². The zero-order valence-electron chi connectivity index (χ0n) is 22.8. The van der Waals surface area contributed by atoms with Crippen molar-refractivity contribution < 1.29 is 47.8 Å². The van der Waals surface area contributed by atoms with Gasteiger partial charge in [-0.15, -0.1) is 0 Å². The number of nitro groups is 1. The first-order chi connectivity index (χ1) is 20.5. The summed E-state index contributed by atoms with van der Waals surface area (Å²) in [6.45, 7) is 1.17. The number of esters is 3. The minimum absolute atomic E-state index is 0.0388. The molecular weight excluding hydrogens is 586 g/mol. The van der Waals surface area contributed by atoms with E-state index in [9.17, 15) is 34.1 Å². The number of benzene rings is 2. The van der Waals surface area contributed by atoms with Crippen LogP contribution in [0.1, 0.15) is 19.4 Å². The van der Waals surface area contributed by atoms with Crippen LogP contribution in [0.3, 0.4) is 0 Å². The van der Waals surface area contributed by atoms with Crippen LogP contribution in [0.5, 0.6) is 5.75 Å². The number of thioether (sulfide) groups is 1. The van der Waals surface area contributed by atoms with Gasteiger partial charge in [-0.05, 0) is 29.8 Å². The Morgan fingerprint density at radius 2 is 1.70 bits per heavy atom. The van der Waals surface area contributed by atoms with Crippen LogP contribution in [0.2, 0.25) is 0 Å². The van der Waals surface area contributed by atoms with E-state index in [1.165, 1.54) is 24.3 Å². The number of para-hydroxylation sites is 1. The first-order valence-corrected chi connectivity index (χ1v) is 13.5. The Kier molecular flexibility index (Phi) is 9.77. The van der Waals surface area contributed by atoms with Crippen molar-refractivity contribution >= 4 is 47.2 Å². The van der Waals surface area contributed by atoms with E-state index in [4.69, 9.17) is 18.9 Å². The van der Waals surface area contributed by atoms with Gasteiger partial charge in [-0.25, -0.2) is 4.79 Å². The van der Waals surface area contributed by atoms with E-state index in [2.05, 4.69) is 5.32 Å². The van der Waals surface area contributed by atoms with E-state index in [-0.39, 0.29) is 35.1 Å². The summed E-state index contributed by atoms with van der Waals surface area (Å²) in [7, 11) is 0. The third-order valence-corrected chi connectivity index (χ3v) is 7.33. The van der Waals surface area contributed by atoms with Crippen LogP contribution in [0.4, 0.5) is 5.69 Å². The van der Waals surface area contributed by atoms with Crippen LogP contribution in [0.15, 0.2) is 77.0 Å². The van der Waals surface area contributed by atoms with Gasteiger partial charge in [0.15, 0.2) is 6.61 Å². The molecule has 0 saturated carbocycles. The molecule has 1 N–H and O–H groups in total. The summed E-state index contributed by atoms with van der Waals surface area (Å²) in [5.41, 5.74) is 0.0394. The van der Waals surface area contributed by atoms with Gasteiger partial charge in [-0.1, -0.05) is 30.0 Å². The second kappa shape index (κ2) is 13.7. The van der Waals surface area contributed by atoms with Crippen LogP contribution in [-0.2, 0) is 44.8 Å². The number of carbonyl (C=O) groups excluding carboxylic acids is 5. The largest absolute Gasteiger partial charge is 0.484 e. The number of hydrogen-bond donors (Lipinski definition) is 1. The Morgan fingerprint density at radius 1 is 1.00 bits per heavy atom. The maximum absolute atomic E-state index is 13.4. The highest BCUT2D eigenvalue weighted by molar-refractivity contribution is 8.04. The highest BCUT2D eigenvalue weighted by Gasteiger charge is 2.56. The molecule has 14 nitrogen and oxygen atoms in total. The van der Waals surface area contributed by atoms with Gasteiger partial charge in [-0.3, -0.25) is 34.2 Å². The molecule has 43 heavy (non-hydrogen) atoms. The molecule has 4 rings (SSSR count). The molecule has 2 aliphatic heterocycles. The van der Waals surface area contributed by atoms with Gasteiger partial charge < -0.3 is 24.3 Å². The van der Waals surface area contributed by atoms with Gasteiger partial charge in [-0.2, -0.15) is 0 Å². The number of non-ortho nitro benzene ring substituents is 1. The van der Waals surface area contributed by atoms with Crippen molar-refractivity contribution in [2.24, 2.45) is 0 Å². The highest BCUT2D eigenvalue weighted by Crippen LogP contribution is 2.47. The van der Waals surface area contributed by atoms with Crippen LogP contribution in [0.25, 0.3) is 0 Å². The molecule has 2 aromatic carbocycles. The fraction of sp³-hybridized carbons (Fsp3) is 0.250. The Balaban J connectivity index is 1.58. The molecule has 0 aliphatic carbocycles. The van der Waals surface area contributed by atoms with E-state index >= 15 is 0 Å². The third-order valence-electron chi connectivity index (χ3n) is 6.01. The lowest BCUT2D eigenvalue weighted by atomic mass is 10.0. The molecule has 2 amide bonds. The van der Waals surface area contributed by atoms with Crippen molar-refractivity contribution in [1.29, 1.82) is 0 Å². The SMILES string of the molecule is CC(=O)O/C=C1/S[C@@H]2C(NC(=O)COc3ccccc3)C(=O)N2C(C(=O)OCc2ccc([N+](=O)[O-])cc2)=C1COC(C)=O.